The van der Waals surface area contributed by atoms with Gasteiger partial charge < -0.3 is 29.6 Å². The molecule has 0 unspecified atom stereocenters. The predicted octanol–water partition coefficient (Wildman–Crippen LogP) is 3.62. The summed E-state index contributed by atoms with van der Waals surface area (Å²) in [5.74, 6) is -0.0891. The fourth-order valence-corrected chi connectivity index (χ4v) is 3.36. The molecule has 0 fully saturated rings. The minimum absolute atomic E-state index is 0.0168. The van der Waals surface area contributed by atoms with Crippen LogP contribution in [-0.4, -0.2) is 38.8 Å². The molecule has 0 saturated heterocycles. The Hall–Kier alpha value is -4.79. The van der Waals surface area contributed by atoms with Gasteiger partial charge in [0.2, 0.25) is 6.79 Å². The Morgan fingerprint density at radius 3 is 2.40 bits per heavy atom. The van der Waals surface area contributed by atoms with E-state index >= 15 is 0 Å². The van der Waals surface area contributed by atoms with Crippen molar-refractivity contribution in [2.45, 2.75) is 0 Å². The van der Waals surface area contributed by atoms with Gasteiger partial charge in [0.1, 0.15) is 11.4 Å². The van der Waals surface area contributed by atoms with Crippen LogP contribution in [0.2, 0.25) is 0 Å². The number of carbonyl (C=O) groups is 3. The molecular weight excluding hydrogens is 452 g/mol. The summed E-state index contributed by atoms with van der Waals surface area (Å²) in [6.45, 7) is 0.113. The fourth-order valence-electron chi connectivity index (χ4n) is 3.36. The van der Waals surface area contributed by atoms with Crippen molar-refractivity contribution in [1.82, 2.24) is 5.32 Å². The molecule has 9 heteroatoms. The van der Waals surface area contributed by atoms with E-state index < -0.39 is 17.8 Å². The second kappa shape index (κ2) is 10.4. The minimum atomic E-state index is -0.572. The van der Waals surface area contributed by atoms with Gasteiger partial charge in [-0.3, -0.25) is 9.59 Å². The van der Waals surface area contributed by atoms with Gasteiger partial charge in [-0.2, -0.15) is 0 Å². The van der Waals surface area contributed by atoms with E-state index in [4.69, 9.17) is 14.2 Å². The lowest BCUT2D eigenvalue weighted by Gasteiger charge is -2.13. The predicted molar refractivity (Wildman–Crippen MR) is 127 cm³/mol. The van der Waals surface area contributed by atoms with E-state index in [2.05, 4.69) is 15.4 Å². The summed E-state index contributed by atoms with van der Waals surface area (Å²) < 4.78 is 20.7. The molecule has 1 aliphatic rings. The van der Waals surface area contributed by atoms with Crippen molar-refractivity contribution in [3.05, 3.63) is 89.1 Å². The summed E-state index contributed by atoms with van der Waals surface area (Å²) in [5, 5.41) is 5.39. The zero-order chi connectivity index (χ0) is 24.8. The average Bonchev–Trinajstić information content (AvgIpc) is 3.36. The molecule has 3 aromatic carbocycles. The molecule has 9 nitrogen and oxygen atoms in total. The van der Waals surface area contributed by atoms with E-state index in [1.807, 2.05) is 0 Å². The number of ether oxygens (including phenoxy) is 4. The summed E-state index contributed by atoms with van der Waals surface area (Å²) in [4.78, 5) is 37.8. The quantitative estimate of drug-likeness (QED) is 0.397. The van der Waals surface area contributed by atoms with Crippen molar-refractivity contribution in [2.24, 2.45) is 0 Å². The lowest BCUT2D eigenvalue weighted by Crippen LogP contribution is -2.31. The number of esters is 1. The SMILES string of the molecule is COC(=O)c1ccc(NC(=O)C(=Cc2ccc3c(c2)OCO3)NC(=O)c2ccccc2OC)cc1. The molecule has 0 aromatic heterocycles. The second-order valence-corrected chi connectivity index (χ2v) is 7.35. The number of nitrogens with one attached hydrogen (secondary N) is 2. The van der Waals surface area contributed by atoms with Crippen molar-refractivity contribution in [2.75, 3.05) is 26.3 Å². The van der Waals surface area contributed by atoms with E-state index in [1.165, 1.54) is 32.4 Å². The normalized spacial score (nSPS) is 12.0. The van der Waals surface area contributed by atoms with E-state index in [0.29, 0.717) is 34.1 Å². The van der Waals surface area contributed by atoms with Crippen LogP contribution in [0.1, 0.15) is 26.3 Å². The lowest BCUT2D eigenvalue weighted by atomic mass is 10.1. The number of hydrogen-bond donors (Lipinski definition) is 2. The summed E-state index contributed by atoms with van der Waals surface area (Å²) in [6.07, 6.45) is 1.52. The van der Waals surface area contributed by atoms with Crippen LogP contribution in [0.15, 0.2) is 72.4 Å². The lowest BCUT2D eigenvalue weighted by molar-refractivity contribution is -0.113. The topological polar surface area (TPSA) is 112 Å². The van der Waals surface area contributed by atoms with Crippen molar-refractivity contribution < 1.29 is 33.3 Å². The summed E-state index contributed by atoms with van der Waals surface area (Å²) in [7, 11) is 2.75. The molecule has 1 aliphatic heterocycles. The maximum Gasteiger partial charge on any atom is 0.337 e. The number of anilines is 1. The molecule has 2 amide bonds. The van der Waals surface area contributed by atoms with Gasteiger partial charge in [0.25, 0.3) is 11.8 Å². The van der Waals surface area contributed by atoms with Crippen LogP contribution in [0.3, 0.4) is 0 Å². The highest BCUT2D eigenvalue weighted by Gasteiger charge is 2.19. The Bertz CT molecular complexity index is 1300. The molecule has 178 valence electrons. The van der Waals surface area contributed by atoms with Gasteiger partial charge in [-0.1, -0.05) is 18.2 Å². The molecule has 0 saturated carbocycles. The molecule has 4 rings (SSSR count). The van der Waals surface area contributed by atoms with E-state index in [9.17, 15) is 14.4 Å². The standard InChI is InChI=1S/C26H22N2O7/c1-32-21-6-4-3-5-19(21)24(29)28-20(13-16-7-12-22-23(14-16)35-15-34-22)25(30)27-18-10-8-17(9-11-18)26(31)33-2/h3-14H,15H2,1-2H3,(H,27,30)(H,28,29). The molecule has 35 heavy (non-hydrogen) atoms. The number of hydrogen-bond acceptors (Lipinski definition) is 7. The van der Waals surface area contributed by atoms with Crippen LogP contribution in [0, 0.1) is 0 Å². The summed E-state index contributed by atoms with van der Waals surface area (Å²) >= 11 is 0. The van der Waals surface area contributed by atoms with Crippen molar-refractivity contribution >= 4 is 29.5 Å². The van der Waals surface area contributed by atoms with Crippen molar-refractivity contribution in [3.63, 3.8) is 0 Å². The first-order valence-electron chi connectivity index (χ1n) is 10.5. The summed E-state index contributed by atoms with van der Waals surface area (Å²) in [6, 6.07) is 18.0. The van der Waals surface area contributed by atoms with Gasteiger partial charge in [0.05, 0.1) is 25.3 Å². The zero-order valence-electron chi connectivity index (χ0n) is 19.0. The van der Waals surface area contributed by atoms with E-state index in [-0.39, 0.29) is 18.1 Å². The third-order valence-electron chi connectivity index (χ3n) is 5.12. The Balaban J connectivity index is 1.62. The Kier molecular flexibility index (Phi) is 6.96. The highest BCUT2D eigenvalue weighted by Crippen LogP contribution is 2.33. The zero-order valence-corrected chi connectivity index (χ0v) is 19.0. The van der Waals surface area contributed by atoms with Gasteiger partial charge in [0, 0.05) is 5.69 Å². The van der Waals surface area contributed by atoms with Crippen LogP contribution in [-0.2, 0) is 9.53 Å². The number of rotatable bonds is 7. The van der Waals surface area contributed by atoms with E-state index in [1.54, 1.807) is 54.6 Å². The number of amides is 2. The number of methoxy groups -OCH3 is 2. The maximum atomic E-state index is 13.2. The van der Waals surface area contributed by atoms with Crippen LogP contribution in [0.4, 0.5) is 5.69 Å². The molecule has 0 radical (unpaired) electrons. The third kappa shape index (κ3) is 5.41. The molecule has 0 bridgehead atoms. The highest BCUT2D eigenvalue weighted by atomic mass is 16.7. The van der Waals surface area contributed by atoms with Crippen LogP contribution >= 0.6 is 0 Å². The first kappa shape index (κ1) is 23.4. The molecule has 0 aliphatic carbocycles. The second-order valence-electron chi connectivity index (χ2n) is 7.35. The van der Waals surface area contributed by atoms with Gasteiger partial charge in [0.15, 0.2) is 11.5 Å². The molecule has 2 N–H and O–H groups in total. The Morgan fingerprint density at radius 2 is 1.66 bits per heavy atom. The van der Waals surface area contributed by atoms with Gasteiger partial charge in [-0.05, 0) is 60.2 Å². The average molecular weight is 474 g/mol. The van der Waals surface area contributed by atoms with Crippen LogP contribution < -0.4 is 24.8 Å². The van der Waals surface area contributed by atoms with Gasteiger partial charge >= 0.3 is 5.97 Å². The maximum absolute atomic E-state index is 13.2. The fraction of sp³-hybridized carbons (Fsp3) is 0.115. The monoisotopic (exact) mass is 474 g/mol. The van der Waals surface area contributed by atoms with Crippen molar-refractivity contribution in [3.8, 4) is 17.2 Å². The number of benzene rings is 3. The van der Waals surface area contributed by atoms with Gasteiger partial charge in [-0.25, -0.2) is 4.79 Å². The Labute approximate surface area is 201 Å². The smallest absolute Gasteiger partial charge is 0.337 e. The largest absolute Gasteiger partial charge is 0.496 e. The molecule has 0 atom stereocenters. The minimum Gasteiger partial charge on any atom is -0.496 e. The highest BCUT2D eigenvalue weighted by molar-refractivity contribution is 6.11. The Morgan fingerprint density at radius 1 is 0.914 bits per heavy atom. The molecule has 0 spiro atoms. The number of para-hydroxylation sites is 1. The third-order valence-corrected chi connectivity index (χ3v) is 5.12. The first-order valence-corrected chi connectivity index (χ1v) is 10.5. The van der Waals surface area contributed by atoms with Crippen LogP contribution in [0.5, 0.6) is 17.2 Å². The molecule has 1 heterocycles. The number of carbonyl (C=O) groups excluding carboxylic acids is 3. The van der Waals surface area contributed by atoms with Crippen LogP contribution in [0.25, 0.3) is 6.08 Å². The molecular formula is C26H22N2O7. The molecule has 3 aromatic rings. The van der Waals surface area contributed by atoms with E-state index in [0.717, 1.165) is 0 Å². The van der Waals surface area contributed by atoms with Gasteiger partial charge in [-0.15, -0.1) is 0 Å². The summed E-state index contributed by atoms with van der Waals surface area (Å²) in [5.41, 5.74) is 1.62. The number of fused-ring (bicyclic) bond motifs is 1. The first-order chi connectivity index (χ1) is 17.0. The van der Waals surface area contributed by atoms with Crippen molar-refractivity contribution in [1.29, 1.82) is 0 Å².